The molecule has 0 aliphatic carbocycles. The van der Waals surface area contributed by atoms with E-state index in [1.807, 2.05) is 23.1 Å². The molecule has 3 rings (SSSR count). The fourth-order valence-corrected chi connectivity index (χ4v) is 3.91. The number of nitrogens with two attached hydrogens (primary N) is 1. The first-order chi connectivity index (χ1) is 12.3. The van der Waals surface area contributed by atoms with Crippen molar-refractivity contribution in [3.8, 4) is 0 Å². The highest BCUT2D eigenvalue weighted by atomic mass is 35.5. The zero-order valence-corrected chi connectivity index (χ0v) is 16.7. The lowest BCUT2D eigenvalue weighted by Crippen LogP contribution is -2.33. The van der Waals surface area contributed by atoms with Crippen LogP contribution >= 0.6 is 12.4 Å². The maximum Gasteiger partial charge on any atom is 0.238 e. The van der Waals surface area contributed by atoms with Crippen LogP contribution in [0.2, 0.25) is 0 Å². The molecule has 2 aromatic carbocycles. The Balaban J connectivity index is 0.00000261. The fourth-order valence-electron chi connectivity index (χ4n) is 3.28. The van der Waals surface area contributed by atoms with Gasteiger partial charge in [0.2, 0.25) is 5.91 Å². The Bertz CT molecular complexity index is 873. The van der Waals surface area contributed by atoms with Crippen molar-refractivity contribution >= 4 is 33.8 Å². The number of hydrogen-bond donors (Lipinski definition) is 2. The van der Waals surface area contributed by atoms with Crippen LogP contribution in [0.3, 0.4) is 0 Å². The predicted octanol–water partition coefficient (Wildman–Crippen LogP) is 1.88. The molecule has 2 aromatic rings. The van der Waals surface area contributed by atoms with E-state index < -0.39 is 9.84 Å². The quantitative estimate of drug-likeness (QED) is 0.786. The first kappa shape index (κ1) is 21.4. The van der Waals surface area contributed by atoms with Gasteiger partial charge < -0.3 is 11.1 Å². The number of carbonyl (C=O) groups is 1. The summed E-state index contributed by atoms with van der Waals surface area (Å²) in [6.07, 6.45) is 1.15. The van der Waals surface area contributed by atoms with Gasteiger partial charge in [0.15, 0.2) is 9.84 Å². The fraction of sp³-hybridized carbons (Fsp3) is 0.316. The Morgan fingerprint density at radius 3 is 2.33 bits per heavy atom. The van der Waals surface area contributed by atoms with E-state index in [-0.39, 0.29) is 41.7 Å². The first-order valence-electron chi connectivity index (χ1n) is 8.46. The minimum Gasteiger partial charge on any atom is -0.326 e. The number of anilines is 1. The van der Waals surface area contributed by atoms with Crippen molar-refractivity contribution in [2.24, 2.45) is 5.73 Å². The molecule has 1 aliphatic rings. The second-order valence-corrected chi connectivity index (χ2v) is 8.74. The average molecular weight is 410 g/mol. The lowest BCUT2D eigenvalue weighted by atomic mass is 9.95. The molecule has 0 spiro atoms. The summed E-state index contributed by atoms with van der Waals surface area (Å²) in [6.45, 7) is 1.66. The summed E-state index contributed by atoms with van der Waals surface area (Å²) in [6, 6.07) is 16.3. The van der Waals surface area contributed by atoms with Crippen LogP contribution in [0, 0.1) is 0 Å². The molecular weight excluding hydrogens is 386 g/mol. The number of amides is 1. The van der Waals surface area contributed by atoms with Crippen molar-refractivity contribution in [2.45, 2.75) is 16.9 Å². The number of rotatable bonds is 5. The van der Waals surface area contributed by atoms with E-state index in [0.717, 1.165) is 12.8 Å². The lowest BCUT2D eigenvalue weighted by Gasteiger charge is -2.16. The van der Waals surface area contributed by atoms with Gasteiger partial charge in [-0.2, -0.15) is 0 Å². The van der Waals surface area contributed by atoms with Gasteiger partial charge in [0.1, 0.15) is 0 Å². The topological polar surface area (TPSA) is 92.5 Å². The van der Waals surface area contributed by atoms with Gasteiger partial charge in [0, 0.05) is 37.0 Å². The molecule has 1 aliphatic heterocycles. The molecule has 0 saturated carbocycles. The molecule has 2 atom stereocenters. The highest BCUT2D eigenvalue weighted by Gasteiger charge is 2.31. The van der Waals surface area contributed by atoms with Crippen molar-refractivity contribution in [1.29, 1.82) is 0 Å². The summed E-state index contributed by atoms with van der Waals surface area (Å²) in [7, 11) is -3.24. The van der Waals surface area contributed by atoms with Crippen molar-refractivity contribution in [2.75, 3.05) is 31.2 Å². The van der Waals surface area contributed by atoms with Gasteiger partial charge >= 0.3 is 0 Å². The number of sulfone groups is 1. The third-order valence-corrected chi connectivity index (χ3v) is 5.73. The number of nitrogens with zero attached hydrogens (tertiary/aromatic N) is 1. The van der Waals surface area contributed by atoms with E-state index in [4.69, 9.17) is 5.73 Å². The summed E-state index contributed by atoms with van der Waals surface area (Å²) in [5, 5.41) is 2.80. The van der Waals surface area contributed by atoms with E-state index in [0.29, 0.717) is 12.2 Å². The van der Waals surface area contributed by atoms with Gasteiger partial charge in [-0.3, -0.25) is 9.69 Å². The van der Waals surface area contributed by atoms with Gasteiger partial charge in [-0.05, 0) is 29.8 Å². The van der Waals surface area contributed by atoms with Crippen molar-refractivity contribution in [3.63, 3.8) is 0 Å². The van der Waals surface area contributed by atoms with E-state index in [9.17, 15) is 13.2 Å². The highest BCUT2D eigenvalue weighted by molar-refractivity contribution is 7.90. The Hall–Kier alpha value is -1.93. The molecule has 3 N–H and O–H groups in total. The van der Waals surface area contributed by atoms with E-state index in [2.05, 4.69) is 17.4 Å². The number of nitrogens with one attached hydrogen (secondary N) is 1. The Kier molecular flexibility index (Phi) is 7.00. The third kappa shape index (κ3) is 5.52. The highest BCUT2D eigenvalue weighted by Crippen LogP contribution is 2.26. The maximum absolute atomic E-state index is 12.3. The molecule has 0 radical (unpaired) electrons. The number of hydrogen-bond acceptors (Lipinski definition) is 5. The van der Waals surface area contributed by atoms with E-state index in [1.54, 1.807) is 12.1 Å². The SMILES string of the molecule is CS(=O)(=O)c1ccc(NC(=O)CN2C[C@@H](N)[C@H](c3ccccc3)C2)cc1.Cl. The molecule has 146 valence electrons. The van der Waals surface area contributed by atoms with Crippen LogP contribution in [0.1, 0.15) is 11.5 Å². The molecule has 8 heteroatoms. The van der Waals surface area contributed by atoms with Gasteiger partial charge in [-0.15, -0.1) is 12.4 Å². The van der Waals surface area contributed by atoms with Gasteiger partial charge in [0.25, 0.3) is 0 Å². The van der Waals surface area contributed by atoms with Gasteiger partial charge in [-0.25, -0.2) is 8.42 Å². The Labute approximate surface area is 166 Å². The second kappa shape index (κ2) is 8.84. The van der Waals surface area contributed by atoms with Crippen molar-refractivity contribution in [1.82, 2.24) is 4.90 Å². The minimum absolute atomic E-state index is 0. The summed E-state index contributed by atoms with van der Waals surface area (Å²) < 4.78 is 22.9. The molecule has 6 nitrogen and oxygen atoms in total. The molecule has 1 amide bonds. The summed E-state index contributed by atoms with van der Waals surface area (Å²) in [5.41, 5.74) is 8.03. The molecule has 0 unspecified atom stereocenters. The van der Waals surface area contributed by atoms with Crippen molar-refractivity contribution < 1.29 is 13.2 Å². The number of benzene rings is 2. The largest absolute Gasteiger partial charge is 0.326 e. The second-order valence-electron chi connectivity index (χ2n) is 6.72. The molecule has 27 heavy (non-hydrogen) atoms. The van der Waals surface area contributed by atoms with Crippen LogP contribution in [0.15, 0.2) is 59.5 Å². The summed E-state index contributed by atoms with van der Waals surface area (Å²) in [5.74, 6) is 0.0797. The van der Waals surface area contributed by atoms with Crippen LogP contribution in [0.25, 0.3) is 0 Å². The van der Waals surface area contributed by atoms with Crippen LogP contribution in [0.5, 0.6) is 0 Å². The van der Waals surface area contributed by atoms with Crippen LogP contribution in [0.4, 0.5) is 5.69 Å². The maximum atomic E-state index is 12.3. The molecule has 1 saturated heterocycles. The van der Waals surface area contributed by atoms with Crippen LogP contribution in [-0.4, -0.2) is 51.2 Å². The van der Waals surface area contributed by atoms with E-state index >= 15 is 0 Å². The van der Waals surface area contributed by atoms with Gasteiger partial charge in [-0.1, -0.05) is 30.3 Å². The third-order valence-electron chi connectivity index (χ3n) is 4.60. The monoisotopic (exact) mass is 409 g/mol. The number of halogens is 1. The van der Waals surface area contributed by atoms with Crippen molar-refractivity contribution in [3.05, 3.63) is 60.2 Å². The lowest BCUT2D eigenvalue weighted by molar-refractivity contribution is -0.117. The molecule has 1 fully saturated rings. The van der Waals surface area contributed by atoms with Crippen LogP contribution < -0.4 is 11.1 Å². The number of likely N-dealkylation sites (tertiary alicyclic amines) is 1. The summed E-state index contributed by atoms with van der Waals surface area (Å²) in [4.78, 5) is 14.6. The van der Waals surface area contributed by atoms with Crippen LogP contribution in [-0.2, 0) is 14.6 Å². The first-order valence-corrected chi connectivity index (χ1v) is 10.3. The standard InChI is InChI=1S/C19H23N3O3S.ClH/c1-26(24,25)16-9-7-15(8-10-16)21-19(23)13-22-11-17(18(20)12-22)14-5-3-2-4-6-14;/h2-10,17-18H,11-13,20H2,1H3,(H,21,23);1H/t17-,18+;/m0./s1. The average Bonchev–Trinajstić information content (AvgIpc) is 2.95. The number of carbonyl (C=O) groups excluding carboxylic acids is 1. The zero-order valence-electron chi connectivity index (χ0n) is 15.0. The molecule has 0 aromatic heterocycles. The summed E-state index contributed by atoms with van der Waals surface area (Å²) >= 11 is 0. The van der Waals surface area contributed by atoms with E-state index in [1.165, 1.54) is 17.7 Å². The zero-order chi connectivity index (χ0) is 18.7. The Morgan fingerprint density at radius 1 is 1.11 bits per heavy atom. The molecule has 1 heterocycles. The molecular formula is C19H24ClN3O3S. The molecule has 0 bridgehead atoms. The predicted molar refractivity (Wildman–Crippen MR) is 109 cm³/mol. The van der Waals surface area contributed by atoms with Gasteiger partial charge in [0.05, 0.1) is 11.4 Å². The normalized spacial score (nSPS) is 20.1. The minimum atomic E-state index is -3.24. The smallest absolute Gasteiger partial charge is 0.238 e. The Morgan fingerprint density at radius 2 is 1.74 bits per heavy atom.